The lowest BCUT2D eigenvalue weighted by atomic mass is 10.1. The van der Waals surface area contributed by atoms with E-state index in [4.69, 9.17) is 22.1 Å². The fourth-order valence-corrected chi connectivity index (χ4v) is 3.29. The zero-order valence-corrected chi connectivity index (χ0v) is 11.9. The molecule has 3 heterocycles. The van der Waals surface area contributed by atoms with Gasteiger partial charge in [0, 0.05) is 6.20 Å². The predicted molar refractivity (Wildman–Crippen MR) is 66.3 cm³/mol. The maximum Gasteiger partial charge on any atom is 0.351 e. The molecule has 3 N–H and O–H groups in total. The molecule has 2 saturated heterocycles. The van der Waals surface area contributed by atoms with E-state index in [2.05, 4.69) is 14.0 Å². The molecular formula is C9H10ClN3O7P-. The number of aliphatic hydroxyl groups is 1. The highest BCUT2D eigenvalue weighted by Crippen LogP contribution is 2.49. The predicted octanol–water partition coefficient (Wildman–Crippen LogP) is -1.38. The first-order chi connectivity index (χ1) is 9.78. The van der Waals surface area contributed by atoms with Gasteiger partial charge in [0.15, 0.2) is 6.23 Å². The van der Waals surface area contributed by atoms with Crippen LogP contribution in [0.5, 0.6) is 0 Å². The number of phosphoric ester groups is 1. The average Bonchev–Trinajstić information content (AvgIpc) is 2.70. The summed E-state index contributed by atoms with van der Waals surface area (Å²) in [6.07, 6.45) is -3.49. The Labute approximate surface area is 122 Å². The van der Waals surface area contributed by atoms with E-state index in [0.717, 1.165) is 10.8 Å². The summed E-state index contributed by atoms with van der Waals surface area (Å²) in [5.41, 5.74) is 4.59. The number of aromatic nitrogens is 2. The van der Waals surface area contributed by atoms with Crippen LogP contribution in [0.15, 0.2) is 11.0 Å². The Balaban J connectivity index is 1.94. The summed E-state index contributed by atoms with van der Waals surface area (Å²) in [4.78, 5) is 26.5. The lowest BCUT2D eigenvalue weighted by molar-refractivity contribution is -0.245. The summed E-state index contributed by atoms with van der Waals surface area (Å²) >= 11 is 5.78. The molecule has 10 nitrogen and oxygen atoms in total. The molecule has 0 aromatic carbocycles. The van der Waals surface area contributed by atoms with Crippen molar-refractivity contribution >= 4 is 25.2 Å². The number of nitrogens with zero attached hydrogens (tertiary/aromatic N) is 2. The second-order valence-electron chi connectivity index (χ2n) is 4.53. The van der Waals surface area contributed by atoms with Crippen LogP contribution in [0.3, 0.4) is 0 Å². The molecule has 1 aromatic rings. The number of nitrogens with two attached hydrogens (primary N) is 1. The molecule has 21 heavy (non-hydrogen) atoms. The largest absolute Gasteiger partial charge is 0.756 e. The summed E-state index contributed by atoms with van der Waals surface area (Å²) in [6.45, 7) is -0.316. The van der Waals surface area contributed by atoms with Crippen molar-refractivity contribution in [2.45, 2.75) is 24.5 Å². The van der Waals surface area contributed by atoms with Crippen LogP contribution in [0.25, 0.3) is 0 Å². The zero-order chi connectivity index (χ0) is 15.4. The number of aliphatic hydroxyl groups excluding tert-OH is 1. The van der Waals surface area contributed by atoms with Gasteiger partial charge in [-0.25, -0.2) is 4.79 Å². The Bertz CT molecular complexity index is 682. The molecule has 3 rings (SSSR count). The minimum atomic E-state index is -4.48. The first-order valence-electron chi connectivity index (χ1n) is 5.80. The number of fused-ring (bicyclic) bond motifs is 1. The Morgan fingerprint density at radius 1 is 1.62 bits per heavy atom. The summed E-state index contributed by atoms with van der Waals surface area (Å²) in [6, 6.07) is 0. The van der Waals surface area contributed by atoms with E-state index < -0.39 is 38.1 Å². The van der Waals surface area contributed by atoms with Crippen LogP contribution in [0, 0.1) is 0 Å². The number of anilines is 1. The molecule has 2 fully saturated rings. The van der Waals surface area contributed by atoms with Gasteiger partial charge in [0.05, 0.1) is 11.6 Å². The summed E-state index contributed by atoms with van der Waals surface area (Å²) < 4.78 is 26.7. The second-order valence-corrected chi connectivity index (χ2v) is 6.30. The van der Waals surface area contributed by atoms with Crippen molar-refractivity contribution in [2.24, 2.45) is 0 Å². The molecule has 0 bridgehead atoms. The quantitative estimate of drug-likeness (QED) is 0.590. The Kier molecular flexibility index (Phi) is 3.57. The highest BCUT2D eigenvalue weighted by molar-refractivity contribution is 7.45. The number of nitrogen functional groups attached to an aromatic ring is 1. The van der Waals surface area contributed by atoms with E-state index in [1.165, 1.54) is 0 Å². The lowest BCUT2D eigenvalue weighted by Crippen LogP contribution is -2.41. The first kappa shape index (κ1) is 14.9. The number of hydrogen-bond acceptors (Lipinski definition) is 9. The van der Waals surface area contributed by atoms with Crippen molar-refractivity contribution in [1.82, 2.24) is 9.55 Å². The van der Waals surface area contributed by atoms with Crippen LogP contribution in [-0.2, 0) is 18.3 Å². The number of phosphoric acid groups is 1. The molecule has 0 radical (unpaired) electrons. The van der Waals surface area contributed by atoms with E-state index >= 15 is 0 Å². The molecule has 0 spiro atoms. The van der Waals surface area contributed by atoms with Crippen molar-refractivity contribution in [2.75, 3.05) is 12.3 Å². The van der Waals surface area contributed by atoms with E-state index in [0.29, 0.717) is 0 Å². The fourth-order valence-electron chi connectivity index (χ4n) is 2.20. The van der Waals surface area contributed by atoms with Crippen LogP contribution in [0.4, 0.5) is 5.82 Å². The molecule has 1 aromatic heterocycles. The van der Waals surface area contributed by atoms with Crippen molar-refractivity contribution < 1.29 is 28.3 Å². The van der Waals surface area contributed by atoms with E-state index in [1.54, 1.807) is 0 Å². The molecule has 3 unspecified atom stereocenters. The van der Waals surface area contributed by atoms with Crippen LogP contribution in [0.1, 0.15) is 6.23 Å². The zero-order valence-electron chi connectivity index (χ0n) is 10.3. The Morgan fingerprint density at radius 3 is 3.05 bits per heavy atom. The third-order valence-corrected chi connectivity index (χ3v) is 4.42. The first-order valence-corrected chi connectivity index (χ1v) is 7.64. The van der Waals surface area contributed by atoms with Crippen LogP contribution in [-0.4, -0.2) is 39.6 Å². The SMILES string of the molecule is Nc1nc(=O)n([C@@H]2OC3COP(=O)([O-])OC3[C@H]2O)cc1Cl. The van der Waals surface area contributed by atoms with Gasteiger partial charge in [0.2, 0.25) is 0 Å². The van der Waals surface area contributed by atoms with Crippen LogP contribution < -0.4 is 16.3 Å². The molecule has 2 aliphatic rings. The van der Waals surface area contributed by atoms with Gasteiger partial charge in [-0.15, -0.1) is 0 Å². The monoisotopic (exact) mass is 338 g/mol. The molecular weight excluding hydrogens is 329 g/mol. The van der Waals surface area contributed by atoms with Crippen molar-refractivity contribution in [3.63, 3.8) is 0 Å². The van der Waals surface area contributed by atoms with Crippen molar-refractivity contribution in [3.05, 3.63) is 21.7 Å². The van der Waals surface area contributed by atoms with Crippen LogP contribution in [0.2, 0.25) is 5.02 Å². The molecule has 116 valence electrons. The van der Waals surface area contributed by atoms with E-state index in [1.807, 2.05) is 0 Å². The van der Waals surface area contributed by atoms with E-state index in [9.17, 15) is 19.4 Å². The molecule has 0 amide bonds. The minimum absolute atomic E-state index is 0.00747. The average molecular weight is 339 g/mol. The second kappa shape index (κ2) is 5.03. The highest BCUT2D eigenvalue weighted by atomic mass is 35.5. The van der Waals surface area contributed by atoms with Gasteiger partial charge in [0.1, 0.15) is 24.1 Å². The smallest absolute Gasteiger partial charge is 0.351 e. The minimum Gasteiger partial charge on any atom is -0.756 e. The van der Waals surface area contributed by atoms with Crippen LogP contribution >= 0.6 is 19.4 Å². The van der Waals surface area contributed by atoms with Gasteiger partial charge >= 0.3 is 5.69 Å². The van der Waals surface area contributed by atoms with Crippen molar-refractivity contribution in [3.8, 4) is 0 Å². The molecule has 0 saturated carbocycles. The topological polar surface area (TPSA) is 149 Å². The van der Waals surface area contributed by atoms with Gasteiger partial charge in [0.25, 0.3) is 7.82 Å². The number of hydrogen-bond donors (Lipinski definition) is 2. The summed E-state index contributed by atoms with van der Waals surface area (Å²) in [5.74, 6) is -0.161. The summed E-state index contributed by atoms with van der Waals surface area (Å²) in [7, 11) is -4.48. The summed E-state index contributed by atoms with van der Waals surface area (Å²) in [5, 5.41) is 10.1. The Morgan fingerprint density at radius 2 is 2.33 bits per heavy atom. The van der Waals surface area contributed by atoms with Gasteiger partial charge in [-0.2, -0.15) is 4.98 Å². The third kappa shape index (κ3) is 2.59. The van der Waals surface area contributed by atoms with E-state index in [-0.39, 0.29) is 17.4 Å². The van der Waals surface area contributed by atoms with Crippen molar-refractivity contribution in [1.29, 1.82) is 0 Å². The standard InChI is InChI=1S/C9H11ClN3O7P/c10-3-1-13(9(15)12-7(3)11)8-5(14)6-4(19-8)2-18-21(16,17)20-6/h1,4-6,8,14H,2H2,(H,16,17)(H2,11,12,15)/p-1/t4?,5-,6?,8-/m1/s1. The molecule has 2 aliphatic heterocycles. The number of rotatable bonds is 1. The maximum atomic E-state index is 11.8. The van der Waals surface area contributed by atoms with Gasteiger partial charge < -0.3 is 29.5 Å². The highest BCUT2D eigenvalue weighted by Gasteiger charge is 2.50. The third-order valence-electron chi connectivity index (χ3n) is 3.17. The number of halogens is 1. The molecule has 0 aliphatic carbocycles. The molecule has 12 heteroatoms. The normalized spacial score (nSPS) is 39.2. The fraction of sp³-hybridized carbons (Fsp3) is 0.556. The lowest BCUT2D eigenvalue weighted by Gasteiger charge is -2.34. The Hall–Kier alpha value is -1.00. The van der Waals surface area contributed by atoms with Gasteiger partial charge in [-0.05, 0) is 0 Å². The van der Waals surface area contributed by atoms with Gasteiger partial charge in [-0.3, -0.25) is 9.13 Å². The molecule has 5 atom stereocenters. The number of ether oxygens (including phenoxy) is 1. The maximum absolute atomic E-state index is 11.8. The van der Waals surface area contributed by atoms with Gasteiger partial charge in [-0.1, -0.05) is 11.6 Å².